The largest absolute Gasteiger partial charge is 0.479 e. The fraction of sp³-hybridized carbons (Fsp3) is 0.364. The lowest BCUT2D eigenvalue weighted by atomic mass is 9.80. The number of carboxylic acids is 1. The van der Waals surface area contributed by atoms with Gasteiger partial charge in [0, 0.05) is 6.42 Å². The summed E-state index contributed by atoms with van der Waals surface area (Å²) in [7, 11) is 0. The number of hydrogen-bond acceptors (Lipinski definition) is 2. The topological polar surface area (TPSA) is 57.5 Å². The molecular weight excluding hydrogens is 199 g/mol. The zero-order chi connectivity index (χ0) is 11.1. The second kappa shape index (κ2) is 3.31. The third-order valence-electron chi connectivity index (χ3n) is 2.89. The Kier molecular flexibility index (Phi) is 2.23. The van der Waals surface area contributed by atoms with Crippen LogP contribution in [0.3, 0.4) is 0 Å². The highest BCUT2D eigenvalue weighted by Crippen LogP contribution is 2.30. The number of benzene rings is 1. The van der Waals surface area contributed by atoms with E-state index in [1.165, 1.54) is 12.1 Å². The number of carbonyl (C=O) groups is 1. The summed E-state index contributed by atoms with van der Waals surface area (Å²) in [6.07, 6.45) is 0.316. The molecule has 1 aromatic carbocycles. The Balaban J connectivity index is 2.39. The van der Waals surface area contributed by atoms with Gasteiger partial charge in [-0.1, -0.05) is 12.1 Å². The average Bonchev–Trinajstić information content (AvgIpc) is 2.17. The maximum Gasteiger partial charge on any atom is 0.336 e. The quantitative estimate of drug-likeness (QED) is 0.730. The third-order valence-corrected chi connectivity index (χ3v) is 2.89. The van der Waals surface area contributed by atoms with Gasteiger partial charge in [-0.3, -0.25) is 0 Å². The molecule has 0 amide bonds. The molecule has 0 fully saturated rings. The summed E-state index contributed by atoms with van der Waals surface area (Å²) in [6, 6.07) is 4.54. The molecule has 4 heteroatoms. The van der Waals surface area contributed by atoms with Gasteiger partial charge in [0.2, 0.25) is 0 Å². The van der Waals surface area contributed by atoms with Crippen LogP contribution in [0.25, 0.3) is 0 Å². The smallest absolute Gasteiger partial charge is 0.336 e. The molecule has 0 saturated carbocycles. The number of aliphatic carboxylic acids is 1. The zero-order valence-electron chi connectivity index (χ0n) is 8.03. The molecule has 2 rings (SSSR count). The SMILES string of the molecule is O=C(O)C1(O)CCc2c(F)cccc2C1. The van der Waals surface area contributed by atoms with Gasteiger partial charge in [0.25, 0.3) is 0 Å². The number of carboxylic acid groups (broad SMARTS) is 1. The van der Waals surface area contributed by atoms with Crippen LogP contribution < -0.4 is 0 Å². The van der Waals surface area contributed by atoms with Crippen molar-refractivity contribution in [3.8, 4) is 0 Å². The highest BCUT2D eigenvalue weighted by molar-refractivity contribution is 5.78. The summed E-state index contributed by atoms with van der Waals surface area (Å²) >= 11 is 0. The molecule has 80 valence electrons. The van der Waals surface area contributed by atoms with Crippen LogP contribution in [0.5, 0.6) is 0 Å². The predicted molar refractivity (Wildman–Crippen MR) is 51.0 cm³/mol. The summed E-state index contributed by atoms with van der Waals surface area (Å²) in [4.78, 5) is 10.8. The lowest BCUT2D eigenvalue weighted by Crippen LogP contribution is -2.43. The zero-order valence-corrected chi connectivity index (χ0v) is 8.03. The van der Waals surface area contributed by atoms with Gasteiger partial charge in [0.1, 0.15) is 5.82 Å². The summed E-state index contributed by atoms with van der Waals surface area (Å²) in [6.45, 7) is 0. The van der Waals surface area contributed by atoms with Crippen LogP contribution in [0.1, 0.15) is 17.5 Å². The molecule has 0 bridgehead atoms. The Morgan fingerprint density at radius 3 is 2.87 bits per heavy atom. The second-order valence-corrected chi connectivity index (χ2v) is 3.89. The van der Waals surface area contributed by atoms with E-state index < -0.39 is 11.6 Å². The van der Waals surface area contributed by atoms with E-state index in [4.69, 9.17) is 5.11 Å². The van der Waals surface area contributed by atoms with E-state index in [-0.39, 0.29) is 25.1 Å². The first-order chi connectivity index (χ1) is 7.03. The van der Waals surface area contributed by atoms with Gasteiger partial charge < -0.3 is 10.2 Å². The molecule has 2 N–H and O–H groups in total. The summed E-state index contributed by atoms with van der Waals surface area (Å²) in [5, 5.41) is 18.6. The molecule has 1 atom stereocenters. The second-order valence-electron chi connectivity index (χ2n) is 3.89. The van der Waals surface area contributed by atoms with Gasteiger partial charge in [-0.25, -0.2) is 9.18 Å². The maximum absolute atomic E-state index is 13.3. The van der Waals surface area contributed by atoms with Gasteiger partial charge in [-0.05, 0) is 30.0 Å². The normalized spacial score (nSPS) is 24.7. The highest BCUT2D eigenvalue weighted by atomic mass is 19.1. The molecule has 1 aliphatic carbocycles. The number of halogens is 1. The Morgan fingerprint density at radius 1 is 1.47 bits per heavy atom. The number of aliphatic hydroxyl groups is 1. The first-order valence-corrected chi connectivity index (χ1v) is 4.75. The average molecular weight is 210 g/mol. The first kappa shape index (κ1) is 10.1. The Hall–Kier alpha value is -1.42. The number of rotatable bonds is 1. The fourth-order valence-electron chi connectivity index (χ4n) is 1.97. The van der Waals surface area contributed by atoms with Crippen molar-refractivity contribution in [2.45, 2.75) is 24.9 Å². The molecule has 0 radical (unpaired) electrons. The molecule has 0 heterocycles. The van der Waals surface area contributed by atoms with E-state index in [1.54, 1.807) is 6.07 Å². The molecular formula is C11H11FO3. The van der Waals surface area contributed by atoms with Gasteiger partial charge >= 0.3 is 5.97 Å². The number of fused-ring (bicyclic) bond motifs is 1. The molecule has 3 nitrogen and oxygen atoms in total. The highest BCUT2D eigenvalue weighted by Gasteiger charge is 2.39. The standard InChI is InChI=1S/C11H11FO3/c12-9-3-1-2-7-6-11(15,10(13)14)5-4-8(7)9/h1-3,15H,4-6H2,(H,13,14). The van der Waals surface area contributed by atoms with E-state index >= 15 is 0 Å². The summed E-state index contributed by atoms with van der Waals surface area (Å²) in [5.41, 5.74) is -0.615. The van der Waals surface area contributed by atoms with Gasteiger partial charge in [0.15, 0.2) is 5.60 Å². The van der Waals surface area contributed by atoms with Crippen LogP contribution in [-0.2, 0) is 17.6 Å². The first-order valence-electron chi connectivity index (χ1n) is 4.75. The molecule has 0 saturated heterocycles. The van der Waals surface area contributed by atoms with Crippen LogP contribution in [0.15, 0.2) is 18.2 Å². The Bertz CT molecular complexity index is 416. The monoisotopic (exact) mass is 210 g/mol. The molecule has 0 spiro atoms. The van der Waals surface area contributed by atoms with E-state index in [2.05, 4.69) is 0 Å². The lowest BCUT2D eigenvalue weighted by molar-refractivity contribution is -0.159. The van der Waals surface area contributed by atoms with E-state index in [0.29, 0.717) is 11.1 Å². The van der Waals surface area contributed by atoms with Crippen molar-refractivity contribution in [2.75, 3.05) is 0 Å². The molecule has 1 aromatic rings. The minimum atomic E-state index is -1.74. The van der Waals surface area contributed by atoms with Crippen LogP contribution in [0.4, 0.5) is 4.39 Å². The molecule has 0 aliphatic heterocycles. The van der Waals surface area contributed by atoms with Gasteiger partial charge in [-0.15, -0.1) is 0 Å². The third kappa shape index (κ3) is 1.61. The van der Waals surface area contributed by atoms with E-state index in [9.17, 15) is 14.3 Å². The lowest BCUT2D eigenvalue weighted by Gasteiger charge is -2.29. The van der Waals surface area contributed by atoms with Gasteiger partial charge in [0.05, 0.1) is 0 Å². The van der Waals surface area contributed by atoms with Gasteiger partial charge in [-0.2, -0.15) is 0 Å². The fourth-order valence-corrected chi connectivity index (χ4v) is 1.97. The molecule has 15 heavy (non-hydrogen) atoms. The van der Waals surface area contributed by atoms with Crippen LogP contribution >= 0.6 is 0 Å². The maximum atomic E-state index is 13.3. The molecule has 1 unspecified atom stereocenters. The van der Waals surface area contributed by atoms with Crippen molar-refractivity contribution in [1.29, 1.82) is 0 Å². The van der Waals surface area contributed by atoms with Crippen LogP contribution in [0, 0.1) is 5.82 Å². The van der Waals surface area contributed by atoms with Crippen molar-refractivity contribution in [3.05, 3.63) is 35.1 Å². The Labute approximate surface area is 86.2 Å². The minimum Gasteiger partial charge on any atom is -0.479 e. The van der Waals surface area contributed by atoms with Crippen molar-refractivity contribution < 1.29 is 19.4 Å². The summed E-state index contributed by atoms with van der Waals surface area (Å²) < 4.78 is 13.3. The Morgan fingerprint density at radius 2 is 2.20 bits per heavy atom. The molecule has 0 aromatic heterocycles. The van der Waals surface area contributed by atoms with Crippen molar-refractivity contribution in [3.63, 3.8) is 0 Å². The van der Waals surface area contributed by atoms with Crippen molar-refractivity contribution >= 4 is 5.97 Å². The van der Waals surface area contributed by atoms with Crippen molar-refractivity contribution in [1.82, 2.24) is 0 Å². The predicted octanol–water partition coefficient (Wildman–Crippen LogP) is 1.13. The molecule has 1 aliphatic rings. The minimum absolute atomic E-state index is 0.0184. The number of hydrogen-bond donors (Lipinski definition) is 2. The van der Waals surface area contributed by atoms with Crippen molar-refractivity contribution in [2.24, 2.45) is 0 Å². The summed E-state index contributed by atoms with van der Waals surface area (Å²) in [5.74, 6) is -1.56. The van der Waals surface area contributed by atoms with Crippen LogP contribution in [-0.4, -0.2) is 21.8 Å². The van der Waals surface area contributed by atoms with E-state index in [0.717, 1.165) is 0 Å². The van der Waals surface area contributed by atoms with Crippen LogP contribution in [0.2, 0.25) is 0 Å². The van der Waals surface area contributed by atoms with E-state index in [1.807, 2.05) is 0 Å².